The monoisotopic (exact) mass is 525 g/mol. The fourth-order valence-corrected chi connectivity index (χ4v) is 4.26. The molecular weight excluding hydrogens is 512 g/mol. The molecule has 182 valence electrons. The summed E-state index contributed by atoms with van der Waals surface area (Å²) in [6, 6.07) is 3.35. The molecule has 0 spiro atoms. The summed E-state index contributed by atoms with van der Waals surface area (Å²) in [6.07, 6.45) is -7.22. The summed E-state index contributed by atoms with van der Waals surface area (Å²) in [5, 5.41) is 6.28. The number of anilines is 2. The third-order valence-electron chi connectivity index (χ3n) is 4.00. The van der Waals surface area contributed by atoms with Crippen molar-refractivity contribution in [1.29, 1.82) is 0 Å². The quantitative estimate of drug-likeness (QED) is 0.404. The molecule has 0 saturated heterocycles. The number of thiazole rings is 1. The average Bonchev–Trinajstić information content (AvgIpc) is 3.26. The summed E-state index contributed by atoms with van der Waals surface area (Å²) in [4.78, 5) is 19.5. The van der Waals surface area contributed by atoms with Crippen molar-refractivity contribution in [3.63, 3.8) is 0 Å². The van der Waals surface area contributed by atoms with E-state index in [0.717, 1.165) is 29.7 Å². The average molecular weight is 525 g/mol. The van der Waals surface area contributed by atoms with Crippen LogP contribution in [-0.2, 0) is 16.2 Å². The first kappa shape index (κ1) is 25.4. The lowest BCUT2D eigenvalue weighted by atomic mass is 10.2. The van der Waals surface area contributed by atoms with Crippen molar-refractivity contribution < 1.29 is 39.6 Å². The van der Waals surface area contributed by atoms with E-state index in [0.29, 0.717) is 17.1 Å². The second kappa shape index (κ2) is 9.55. The van der Waals surface area contributed by atoms with Crippen LogP contribution in [-0.4, -0.2) is 37.1 Å². The van der Waals surface area contributed by atoms with E-state index in [9.17, 15) is 39.6 Å². The van der Waals surface area contributed by atoms with Crippen LogP contribution in [0.1, 0.15) is 5.56 Å². The summed E-state index contributed by atoms with van der Waals surface area (Å²) in [7, 11) is -4.61. The number of hydrogen-bond donors (Lipinski definition) is 3. The zero-order chi connectivity index (χ0) is 25.1. The van der Waals surface area contributed by atoms with Crippen LogP contribution in [0.2, 0.25) is 0 Å². The van der Waals surface area contributed by atoms with Crippen LogP contribution in [0.15, 0.2) is 53.0 Å². The molecule has 0 fully saturated rings. The Bertz CT molecular complexity index is 1280. The smallest absolute Gasteiger partial charge is 0.307 e. The number of pyridine rings is 1. The van der Waals surface area contributed by atoms with Crippen molar-refractivity contribution in [2.24, 2.45) is 0 Å². The first-order chi connectivity index (χ1) is 15.7. The number of nitrogens with one attached hydrogen (secondary N) is 3. The van der Waals surface area contributed by atoms with Gasteiger partial charge in [0.2, 0.25) is 10.0 Å². The molecule has 0 aliphatic heterocycles. The number of benzene rings is 1. The number of carbonyl (C=O) groups is 1. The highest BCUT2D eigenvalue weighted by atomic mass is 32.2. The molecule has 2 aromatic heterocycles. The minimum atomic E-state index is -4.80. The van der Waals surface area contributed by atoms with Gasteiger partial charge in [0, 0.05) is 23.3 Å². The minimum absolute atomic E-state index is 0.172. The van der Waals surface area contributed by atoms with Gasteiger partial charge in [-0.3, -0.25) is 5.32 Å². The van der Waals surface area contributed by atoms with Crippen LogP contribution in [0, 0.1) is 0 Å². The summed E-state index contributed by atoms with van der Waals surface area (Å²) >= 11 is 1.12. The molecule has 3 N–H and O–H groups in total. The number of halogens is 6. The van der Waals surface area contributed by atoms with Crippen LogP contribution in [0.4, 0.5) is 42.6 Å². The van der Waals surface area contributed by atoms with E-state index in [1.54, 1.807) is 5.38 Å². The zero-order valence-electron chi connectivity index (χ0n) is 16.5. The van der Waals surface area contributed by atoms with Crippen LogP contribution >= 0.6 is 11.3 Å². The number of aromatic nitrogens is 2. The Morgan fingerprint density at radius 2 is 1.71 bits per heavy atom. The number of alkyl halides is 6. The summed E-state index contributed by atoms with van der Waals surface area (Å²) in [5.74, 6) is -0.446. The van der Waals surface area contributed by atoms with Gasteiger partial charge < -0.3 is 5.32 Å². The van der Waals surface area contributed by atoms with E-state index in [1.165, 1.54) is 17.0 Å². The van der Waals surface area contributed by atoms with Crippen molar-refractivity contribution in [3.05, 3.63) is 53.7 Å². The maximum absolute atomic E-state index is 12.9. The molecule has 1 aromatic carbocycles. The van der Waals surface area contributed by atoms with Crippen molar-refractivity contribution in [1.82, 2.24) is 14.7 Å². The highest BCUT2D eigenvalue weighted by molar-refractivity contribution is 7.89. The predicted octanol–water partition coefficient (Wildman–Crippen LogP) is 4.71. The summed E-state index contributed by atoms with van der Waals surface area (Å²) in [6.45, 7) is -1.81. The Kier molecular flexibility index (Phi) is 7.13. The van der Waals surface area contributed by atoms with E-state index >= 15 is 0 Å². The van der Waals surface area contributed by atoms with Crippen molar-refractivity contribution >= 4 is 38.9 Å². The molecule has 8 nitrogen and oxygen atoms in total. The minimum Gasteiger partial charge on any atom is -0.307 e. The van der Waals surface area contributed by atoms with E-state index in [2.05, 4.69) is 20.6 Å². The van der Waals surface area contributed by atoms with Gasteiger partial charge in [0.15, 0.2) is 0 Å². The lowest BCUT2D eigenvalue weighted by Crippen LogP contribution is -2.33. The third kappa shape index (κ3) is 6.64. The molecule has 0 bridgehead atoms. The Balaban J connectivity index is 1.89. The predicted molar refractivity (Wildman–Crippen MR) is 111 cm³/mol. The fourth-order valence-electron chi connectivity index (χ4n) is 2.54. The molecule has 0 saturated carbocycles. The van der Waals surface area contributed by atoms with Crippen LogP contribution in [0.25, 0.3) is 10.6 Å². The van der Waals surface area contributed by atoms with Crippen LogP contribution < -0.4 is 15.4 Å². The second-order valence-corrected chi connectivity index (χ2v) is 9.15. The van der Waals surface area contributed by atoms with Crippen molar-refractivity contribution in [2.75, 3.05) is 17.2 Å². The first-order valence-corrected chi connectivity index (χ1v) is 11.3. The molecule has 0 atom stereocenters. The number of rotatable bonds is 6. The van der Waals surface area contributed by atoms with Gasteiger partial charge >= 0.3 is 18.4 Å². The van der Waals surface area contributed by atoms with E-state index in [4.69, 9.17) is 0 Å². The zero-order valence-corrected chi connectivity index (χ0v) is 18.2. The number of sulfonamides is 1. The molecule has 0 unspecified atom stereocenters. The molecule has 3 aromatic rings. The van der Waals surface area contributed by atoms with Crippen molar-refractivity contribution in [2.45, 2.75) is 17.2 Å². The van der Waals surface area contributed by atoms with Gasteiger partial charge in [-0.2, -0.15) is 26.3 Å². The lowest BCUT2D eigenvalue weighted by molar-refractivity contribution is -0.137. The summed E-state index contributed by atoms with van der Waals surface area (Å²) < 4.78 is 102. The molecule has 34 heavy (non-hydrogen) atoms. The van der Waals surface area contributed by atoms with Crippen LogP contribution in [0.3, 0.4) is 0 Å². The molecule has 2 amide bonds. The number of amides is 2. The molecule has 0 aliphatic carbocycles. The topological polar surface area (TPSA) is 113 Å². The van der Waals surface area contributed by atoms with Gasteiger partial charge in [-0.15, -0.1) is 11.3 Å². The molecular formula is C18H13F6N5O3S2. The fraction of sp³-hybridized carbons (Fsp3) is 0.167. The molecule has 0 radical (unpaired) electrons. The Morgan fingerprint density at radius 1 is 0.971 bits per heavy atom. The Morgan fingerprint density at radius 3 is 2.32 bits per heavy atom. The van der Waals surface area contributed by atoms with Gasteiger partial charge in [-0.05, 0) is 30.3 Å². The first-order valence-electron chi connectivity index (χ1n) is 8.96. The third-order valence-corrected chi connectivity index (χ3v) is 6.21. The molecule has 0 aliphatic rings. The Labute approximate surface area is 192 Å². The number of nitrogens with zero attached hydrogens (tertiary/aromatic N) is 2. The second-order valence-electron chi connectivity index (χ2n) is 6.49. The normalized spacial score (nSPS) is 12.4. The maximum Gasteiger partial charge on any atom is 0.416 e. The maximum atomic E-state index is 12.9. The van der Waals surface area contributed by atoms with Gasteiger partial charge in [-0.1, -0.05) is 0 Å². The number of urea groups is 1. The van der Waals surface area contributed by atoms with Crippen LogP contribution in [0.5, 0.6) is 0 Å². The molecule has 2 heterocycles. The molecule has 3 rings (SSSR count). The largest absolute Gasteiger partial charge is 0.416 e. The lowest BCUT2D eigenvalue weighted by Gasteiger charge is -2.14. The standard InChI is InChI=1S/C18H13F6N5O3S2/c19-17(20,21)9-27-34(31,32)11-1-2-12(15-26-5-6-33-15)13(8-11)28-16(30)29-14-7-10(3-4-25-14)18(22,23)24/h1-8,27H,9H2,(H2,25,28,29,30). The van der Waals surface area contributed by atoms with E-state index in [1.807, 2.05) is 0 Å². The van der Waals surface area contributed by atoms with E-state index in [-0.39, 0.29) is 11.3 Å². The SMILES string of the molecule is O=C(Nc1cc(C(F)(F)F)ccn1)Nc1cc(S(=O)(=O)NCC(F)(F)F)ccc1-c1nccs1. The van der Waals surface area contributed by atoms with Gasteiger partial charge in [0.25, 0.3) is 0 Å². The molecule has 16 heteroatoms. The van der Waals surface area contributed by atoms with E-state index < -0.39 is 51.2 Å². The highest BCUT2D eigenvalue weighted by Crippen LogP contribution is 2.33. The Hall–Kier alpha value is -3.24. The highest BCUT2D eigenvalue weighted by Gasteiger charge is 2.31. The van der Waals surface area contributed by atoms with Gasteiger partial charge in [0.05, 0.1) is 16.1 Å². The number of carbonyl (C=O) groups excluding carboxylic acids is 1. The summed E-state index contributed by atoms with van der Waals surface area (Å²) in [5.41, 5.74) is -1.02. The van der Waals surface area contributed by atoms with Gasteiger partial charge in [0.1, 0.15) is 17.4 Å². The van der Waals surface area contributed by atoms with Gasteiger partial charge in [-0.25, -0.2) is 27.9 Å². The van der Waals surface area contributed by atoms with Crippen molar-refractivity contribution in [3.8, 4) is 10.6 Å². The number of hydrogen-bond acceptors (Lipinski definition) is 6.